The Bertz CT molecular complexity index is 791. The van der Waals surface area contributed by atoms with Crippen molar-refractivity contribution in [3.8, 4) is 17.2 Å². The lowest BCUT2D eigenvalue weighted by atomic mass is 10.1. The van der Waals surface area contributed by atoms with Gasteiger partial charge in [-0.1, -0.05) is 0 Å². The zero-order chi connectivity index (χ0) is 18.4. The lowest BCUT2D eigenvalue weighted by molar-refractivity contribution is -0.385. The third-order valence-corrected chi connectivity index (χ3v) is 3.36. The minimum Gasteiger partial charge on any atom is -0.493 e. The minimum atomic E-state index is -0.585. The lowest BCUT2D eigenvalue weighted by Gasteiger charge is -2.11. The first-order valence-electron chi connectivity index (χ1n) is 7.44. The standard InChI is InChI=1S/C17H18N2O6/c1-4-25-14-7-5-11(9-13(14)19(21)22)17(20)18-12-6-8-15(23-2)16(10-12)24-3/h5-10H,4H2,1-3H3,(H,18,20). The third kappa shape index (κ3) is 4.17. The number of nitro benzene ring substituents is 1. The monoisotopic (exact) mass is 346 g/mol. The molecule has 0 heterocycles. The van der Waals surface area contributed by atoms with Gasteiger partial charge in [-0.15, -0.1) is 0 Å². The summed E-state index contributed by atoms with van der Waals surface area (Å²) in [6.45, 7) is 2.01. The average Bonchev–Trinajstić information content (AvgIpc) is 2.61. The van der Waals surface area contributed by atoms with Crippen LogP contribution in [0.15, 0.2) is 36.4 Å². The second-order valence-corrected chi connectivity index (χ2v) is 4.90. The minimum absolute atomic E-state index is 0.121. The Morgan fingerprint density at radius 3 is 2.36 bits per heavy atom. The molecule has 25 heavy (non-hydrogen) atoms. The van der Waals surface area contributed by atoms with Gasteiger partial charge in [0.1, 0.15) is 0 Å². The molecule has 0 fully saturated rings. The maximum atomic E-state index is 12.4. The highest BCUT2D eigenvalue weighted by atomic mass is 16.6. The van der Waals surface area contributed by atoms with Crippen molar-refractivity contribution in [2.24, 2.45) is 0 Å². The molecular weight excluding hydrogens is 328 g/mol. The molecule has 0 saturated heterocycles. The molecule has 2 aromatic carbocycles. The largest absolute Gasteiger partial charge is 0.493 e. The first-order chi connectivity index (χ1) is 12.0. The molecule has 2 aromatic rings. The molecule has 1 amide bonds. The quantitative estimate of drug-likeness (QED) is 0.610. The number of methoxy groups -OCH3 is 2. The van der Waals surface area contributed by atoms with Gasteiger partial charge < -0.3 is 19.5 Å². The van der Waals surface area contributed by atoms with Crippen molar-refractivity contribution in [1.29, 1.82) is 0 Å². The van der Waals surface area contributed by atoms with E-state index in [1.54, 1.807) is 25.1 Å². The number of benzene rings is 2. The van der Waals surface area contributed by atoms with Crippen molar-refractivity contribution in [3.63, 3.8) is 0 Å². The van der Waals surface area contributed by atoms with Crippen LogP contribution in [0.1, 0.15) is 17.3 Å². The molecule has 0 atom stereocenters. The van der Waals surface area contributed by atoms with E-state index in [4.69, 9.17) is 14.2 Å². The number of carbonyl (C=O) groups is 1. The van der Waals surface area contributed by atoms with Gasteiger partial charge in [0, 0.05) is 23.4 Å². The Morgan fingerprint density at radius 1 is 1.08 bits per heavy atom. The Morgan fingerprint density at radius 2 is 1.76 bits per heavy atom. The zero-order valence-corrected chi connectivity index (χ0v) is 14.1. The molecule has 0 aliphatic rings. The summed E-state index contributed by atoms with van der Waals surface area (Å²) in [7, 11) is 2.99. The average molecular weight is 346 g/mol. The van der Waals surface area contributed by atoms with Gasteiger partial charge in [-0.2, -0.15) is 0 Å². The SMILES string of the molecule is CCOc1ccc(C(=O)Nc2ccc(OC)c(OC)c2)cc1[N+](=O)[O-]. The number of rotatable bonds is 7. The van der Waals surface area contributed by atoms with E-state index in [-0.39, 0.29) is 23.6 Å². The molecule has 0 aliphatic carbocycles. The molecular formula is C17H18N2O6. The van der Waals surface area contributed by atoms with Crippen LogP contribution in [-0.4, -0.2) is 31.7 Å². The van der Waals surface area contributed by atoms with E-state index in [0.717, 1.165) is 0 Å². The summed E-state index contributed by atoms with van der Waals surface area (Å²) < 4.78 is 15.5. The maximum Gasteiger partial charge on any atom is 0.311 e. The van der Waals surface area contributed by atoms with Crippen LogP contribution in [0.2, 0.25) is 0 Å². The van der Waals surface area contributed by atoms with E-state index in [1.165, 1.54) is 32.4 Å². The molecule has 2 rings (SSSR count). The summed E-state index contributed by atoms with van der Waals surface area (Å²) in [6, 6.07) is 8.94. The van der Waals surface area contributed by atoms with Gasteiger partial charge >= 0.3 is 5.69 Å². The second kappa shape index (κ2) is 8.00. The molecule has 0 radical (unpaired) electrons. The Kier molecular flexibility index (Phi) is 5.78. The van der Waals surface area contributed by atoms with Gasteiger partial charge in [0.25, 0.3) is 5.91 Å². The summed E-state index contributed by atoms with van der Waals surface area (Å²) in [5.41, 5.74) is 0.353. The highest BCUT2D eigenvalue weighted by molar-refractivity contribution is 6.05. The van der Waals surface area contributed by atoms with Crippen molar-refractivity contribution in [1.82, 2.24) is 0 Å². The first-order valence-corrected chi connectivity index (χ1v) is 7.44. The fraction of sp³-hybridized carbons (Fsp3) is 0.235. The van der Waals surface area contributed by atoms with Crippen LogP contribution >= 0.6 is 0 Å². The van der Waals surface area contributed by atoms with E-state index in [9.17, 15) is 14.9 Å². The Balaban J connectivity index is 2.26. The Hall–Kier alpha value is -3.29. The molecule has 8 heteroatoms. The van der Waals surface area contributed by atoms with Gasteiger partial charge in [0.05, 0.1) is 25.7 Å². The summed E-state index contributed by atoms with van der Waals surface area (Å²) >= 11 is 0. The van der Waals surface area contributed by atoms with Gasteiger partial charge in [0.2, 0.25) is 0 Å². The lowest BCUT2D eigenvalue weighted by Crippen LogP contribution is -2.12. The van der Waals surface area contributed by atoms with E-state index in [0.29, 0.717) is 17.2 Å². The molecule has 0 bridgehead atoms. The predicted octanol–water partition coefficient (Wildman–Crippen LogP) is 3.26. The van der Waals surface area contributed by atoms with Crippen LogP contribution < -0.4 is 19.5 Å². The van der Waals surface area contributed by atoms with E-state index in [2.05, 4.69) is 5.32 Å². The van der Waals surface area contributed by atoms with Crippen LogP contribution in [-0.2, 0) is 0 Å². The number of hydrogen-bond acceptors (Lipinski definition) is 6. The number of nitrogens with zero attached hydrogens (tertiary/aromatic N) is 1. The molecule has 0 unspecified atom stereocenters. The van der Waals surface area contributed by atoms with E-state index in [1.807, 2.05) is 0 Å². The summed E-state index contributed by atoms with van der Waals surface area (Å²) in [5, 5.41) is 13.8. The number of carbonyl (C=O) groups excluding carboxylic acids is 1. The van der Waals surface area contributed by atoms with Crippen molar-refractivity contribution >= 4 is 17.3 Å². The van der Waals surface area contributed by atoms with Crippen LogP contribution in [0.25, 0.3) is 0 Å². The number of ether oxygens (including phenoxy) is 3. The topological polar surface area (TPSA) is 99.9 Å². The molecule has 0 aliphatic heterocycles. The molecule has 8 nitrogen and oxygen atoms in total. The van der Waals surface area contributed by atoms with Gasteiger partial charge in [-0.25, -0.2) is 0 Å². The predicted molar refractivity (Wildman–Crippen MR) is 91.8 cm³/mol. The maximum absolute atomic E-state index is 12.4. The highest BCUT2D eigenvalue weighted by Crippen LogP contribution is 2.31. The van der Waals surface area contributed by atoms with Crippen LogP contribution in [0.4, 0.5) is 11.4 Å². The number of nitro groups is 1. The van der Waals surface area contributed by atoms with Crippen molar-refractivity contribution in [3.05, 3.63) is 52.1 Å². The van der Waals surface area contributed by atoms with Crippen LogP contribution in [0.3, 0.4) is 0 Å². The molecule has 0 saturated carbocycles. The van der Waals surface area contributed by atoms with Gasteiger partial charge in [-0.3, -0.25) is 14.9 Å². The fourth-order valence-electron chi connectivity index (χ4n) is 2.20. The number of nitrogens with one attached hydrogen (secondary N) is 1. The smallest absolute Gasteiger partial charge is 0.311 e. The summed E-state index contributed by atoms with van der Waals surface area (Å²) in [5.74, 6) is 0.615. The fourth-order valence-corrected chi connectivity index (χ4v) is 2.20. The first kappa shape index (κ1) is 18.1. The van der Waals surface area contributed by atoms with E-state index >= 15 is 0 Å². The molecule has 0 aromatic heterocycles. The molecule has 0 spiro atoms. The van der Waals surface area contributed by atoms with Crippen LogP contribution in [0, 0.1) is 10.1 Å². The van der Waals surface area contributed by atoms with Crippen molar-refractivity contribution in [2.75, 3.05) is 26.1 Å². The van der Waals surface area contributed by atoms with Crippen molar-refractivity contribution in [2.45, 2.75) is 6.92 Å². The van der Waals surface area contributed by atoms with Gasteiger partial charge in [-0.05, 0) is 31.2 Å². The molecule has 1 N–H and O–H groups in total. The second-order valence-electron chi connectivity index (χ2n) is 4.90. The highest BCUT2D eigenvalue weighted by Gasteiger charge is 2.19. The number of anilines is 1. The normalized spacial score (nSPS) is 10.0. The van der Waals surface area contributed by atoms with Crippen LogP contribution in [0.5, 0.6) is 17.2 Å². The zero-order valence-electron chi connectivity index (χ0n) is 14.1. The van der Waals surface area contributed by atoms with Gasteiger partial charge in [0.15, 0.2) is 17.2 Å². The summed E-state index contributed by atoms with van der Waals surface area (Å²) in [6.07, 6.45) is 0. The number of amides is 1. The van der Waals surface area contributed by atoms with E-state index < -0.39 is 10.8 Å². The summed E-state index contributed by atoms with van der Waals surface area (Å²) in [4.78, 5) is 22.9. The third-order valence-electron chi connectivity index (χ3n) is 3.36. The Labute approximate surface area is 144 Å². The molecule has 132 valence electrons. The van der Waals surface area contributed by atoms with Crippen molar-refractivity contribution < 1.29 is 23.9 Å². The number of hydrogen-bond donors (Lipinski definition) is 1.